The van der Waals surface area contributed by atoms with Gasteiger partial charge in [0.2, 0.25) is 11.7 Å². The van der Waals surface area contributed by atoms with Gasteiger partial charge in [0.15, 0.2) is 0 Å². The van der Waals surface area contributed by atoms with Crippen molar-refractivity contribution in [2.75, 3.05) is 0 Å². The van der Waals surface area contributed by atoms with Crippen molar-refractivity contribution in [1.82, 2.24) is 14.7 Å². The summed E-state index contributed by atoms with van der Waals surface area (Å²) in [6.07, 6.45) is -3.82. The lowest BCUT2D eigenvalue weighted by molar-refractivity contribution is -0.139. The minimum atomic E-state index is -4.35. The predicted octanol–water partition coefficient (Wildman–Crippen LogP) is 4.58. The molecule has 0 aliphatic carbocycles. The Morgan fingerprint density at radius 2 is 2.09 bits per heavy atom. The highest BCUT2D eigenvalue weighted by Gasteiger charge is 2.31. The standard InChI is InChI=1S/C14H11BrF3N3O/c1-2-12-19-13(20-22-12)11-6-8-9(15)4-3-5-10(8)21(11)7-14(16,17)18/h3-6H,2,7H2,1H3. The number of aromatic nitrogens is 3. The molecule has 116 valence electrons. The van der Waals surface area contributed by atoms with Gasteiger partial charge < -0.3 is 9.09 Å². The lowest BCUT2D eigenvalue weighted by Gasteiger charge is -2.11. The number of hydrogen-bond donors (Lipinski definition) is 0. The average Bonchev–Trinajstić information content (AvgIpc) is 3.03. The Labute approximate surface area is 132 Å². The molecule has 0 saturated carbocycles. The van der Waals surface area contributed by atoms with Crippen molar-refractivity contribution >= 4 is 26.8 Å². The third-order valence-corrected chi connectivity index (χ3v) is 3.92. The highest BCUT2D eigenvalue weighted by Crippen LogP contribution is 2.33. The van der Waals surface area contributed by atoms with Gasteiger partial charge in [-0.05, 0) is 18.2 Å². The predicted molar refractivity (Wildman–Crippen MR) is 78.4 cm³/mol. The SMILES string of the molecule is CCc1nc(-c2cc3c(Br)cccc3n2CC(F)(F)F)no1. The Bertz CT molecular complexity index is 822. The van der Waals surface area contributed by atoms with Gasteiger partial charge in [0, 0.05) is 16.3 Å². The van der Waals surface area contributed by atoms with Crippen LogP contribution in [0.4, 0.5) is 13.2 Å². The summed E-state index contributed by atoms with van der Waals surface area (Å²) in [5, 5.41) is 4.45. The van der Waals surface area contributed by atoms with Crippen molar-refractivity contribution in [3.8, 4) is 11.5 Å². The van der Waals surface area contributed by atoms with Crippen LogP contribution in [0.5, 0.6) is 0 Å². The van der Waals surface area contributed by atoms with Crippen LogP contribution in [0.15, 0.2) is 33.3 Å². The average molecular weight is 374 g/mol. The fourth-order valence-corrected chi connectivity index (χ4v) is 2.76. The molecule has 2 aromatic heterocycles. The first kappa shape index (κ1) is 15.1. The van der Waals surface area contributed by atoms with E-state index in [0.29, 0.717) is 27.7 Å². The van der Waals surface area contributed by atoms with Crippen LogP contribution in [-0.4, -0.2) is 20.9 Å². The van der Waals surface area contributed by atoms with Crippen LogP contribution in [0, 0.1) is 0 Å². The van der Waals surface area contributed by atoms with Crippen molar-refractivity contribution in [3.63, 3.8) is 0 Å². The van der Waals surface area contributed by atoms with E-state index in [4.69, 9.17) is 4.52 Å². The maximum Gasteiger partial charge on any atom is 0.406 e. The van der Waals surface area contributed by atoms with Gasteiger partial charge >= 0.3 is 6.18 Å². The lowest BCUT2D eigenvalue weighted by Crippen LogP contribution is -2.18. The van der Waals surface area contributed by atoms with Crippen LogP contribution in [0.2, 0.25) is 0 Å². The summed E-state index contributed by atoms with van der Waals surface area (Å²) < 4.78 is 45.6. The van der Waals surface area contributed by atoms with E-state index in [2.05, 4.69) is 26.1 Å². The summed E-state index contributed by atoms with van der Waals surface area (Å²) in [5.41, 5.74) is 0.743. The number of hydrogen-bond acceptors (Lipinski definition) is 3. The van der Waals surface area contributed by atoms with Crippen LogP contribution in [0.25, 0.3) is 22.4 Å². The first-order chi connectivity index (χ1) is 10.4. The molecule has 0 bridgehead atoms. The second-order valence-corrected chi connectivity index (χ2v) is 5.62. The second kappa shape index (κ2) is 5.42. The molecule has 0 N–H and O–H groups in total. The van der Waals surface area contributed by atoms with E-state index in [1.54, 1.807) is 24.3 Å². The summed E-state index contributed by atoms with van der Waals surface area (Å²) in [7, 11) is 0. The van der Waals surface area contributed by atoms with E-state index in [1.165, 1.54) is 0 Å². The summed E-state index contributed by atoms with van der Waals surface area (Å²) in [6, 6.07) is 6.74. The molecule has 0 aliphatic rings. The molecule has 3 rings (SSSR count). The zero-order chi connectivity index (χ0) is 15.9. The molecule has 1 aromatic carbocycles. The van der Waals surface area contributed by atoms with Crippen LogP contribution in [0.3, 0.4) is 0 Å². The summed E-state index contributed by atoms with van der Waals surface area (Å²) >= 11 is 3.36. The zero-order valence-corrected chi connectivity index (χ0v) is 13.1. The third kappa shape index (κ3) is 2.75. The molecule has 0 aliphatic heterocycles. The van der Waals surface area contributed by atoms with E-state index in [9.17, 15) is 13.2 Å². The monoisotopic (exact) mass is 373 g/mol. The number of halogens is 4. The van der Waals surface area contributed by atoms with E-state index in [0.717, 1.165) is 4.57 Å². The molecule has 22 heavy (non-hydrogen) atoms. The van der Waals surface area contributed by atoms with Gasteiger partial charge in [-0.3, -0.25) is 0 Å². The van der Waals surface area contributed by atoms with Crippen molar-refractivity contribution in [2.24, 2.45) is 0 Å². The highest BCUT2D eigenvalue weighted by molar-refractivity contribution is 9.10. The maximum absolute atomic E-state index is 12.9. The molecule has 0 fully saturated rings. The van der Waals surface area contributed by atoms with Gasteiger partial charge in [0.25, 0.3) is 0 Å². The van der Waals surface area contributed by atoms with Crippen LogP contribution >= 0.6 is 15.9 Å². The van der Waals surface area contributed by atoms with Gasteiger partial charge in [-0.25, -0.2) is 0 Å². The molecule has 0 spiro atoms. The van der Waals surface area contributed by atoms with Gasteiger partial charge in [0.05, 0.1) is 11.2 Å². The molecular weight excluding hydrogens is 363 g/mol. The van der Waals surface area contributed by atoms with Crippen molar-refractivity contribution in [2.45, 2.75) is 26.1 Å². The third-order valence-electron chi connectivity index (χ3n) is 3.23. The second-order valence-electron chi connectivity index (χ2n) is 4.77. The summed E-state index contributed by atoms with van der Waals surface area (Å²) in [4.78, 5) is 4.13. The number of benzene rings is 1. The molecule has 8 heteroatoms. The lowest BCUT2D eigenvalue weighted by atomic mass is 10.2. The van der Waals surface area contributed by atoms with E-state index in [1.807, 2.05) is 6.92 Å². The molecule has 3 aromatic rings. The van der Waals surface area contributed by atoms with Crippen molar-refractivity contribution in [3.05, 3.63) is 34.6 Å². The van der Waals surface area contributed by atoms with Crippen LogP contribution < -0.4 is 0 Å². The summed E-state index contributed by atoms with van der Waals surface area (Å²) in [6.45, 7) is 0.720. The van der Waals surface area contributed by atoms with Crippen LogP contribution in [0.1, 0.15) is 12.8 Å². The largest absolute Gasteiger partial charge is 0.406 e. The number of aryl methyl sites for hydroxylation is 1. The minimum absolute atomic E-state index is 0.157. The van der Waals surface area contributed by atoms with E-state index in [-0.39, 0.29) is 11.5 Å². The highest BCUT2D eigenvalue weighted by atomic mass is 79.9. The molecule has 0 atom stereocenters. The van der Waals surface area contributed by atoms with Gasteiger partial charge in [0.1, 0.15) is 6.54 Å². The van der Waals surface area contributed by atoms with Gasteiger partial charge in [-0.1, -0.05) is 34.1 Å². The number of alkyl halides is 3. The zero-order valence-electron chi connectivity index (χ0n) is 11.5. The Morgan fingerprint density at radius 3 is 2.73 bits per heavy atom. The maximum atomic E-state index is 12.9. The number of nitrogens with zero attached hydrogens (tertiary/aromatic N) is 3. The molecule has 0 unspecified atom stereocenters. The molecular formula is C14H11BrF3N3O. The Kier molecular flexibility index (Phi) is 3.72. The number of fused-ring (bicyclic) bond motifs is 1. The molecule has 2 heterocycles. The topological polar surface area (TPSA) is 43.9 Å². The van der Waals surface area contributed by atoms with Crippen LogP contribution in [-0.2, 0) is 13.0 Å². The minimum Gasteiger partial charge on any atom is -0.339 e. The number of rotatable bonds is 3. The van der Waals surface area contributed by atoms with Gasteiger partial charge in [-0.15, -0.1) is 0 Å². The molecule has 0 radical (unpaired) electrons. The molecule has 0 amide bonds. The molecule has 0 saturated heterocycles. The first-order valence-electron chi connectivity index (χ1n) is 6.56. The fraction of sp³-hybridized carbons (Fsp3) is 0.286. The first-order valence-corrected chi connectivity index (χ1v) is 7.36. The summed E-state index contributed by atoms with van der Waals surface area (Å²) in [5.74, 6) is 0.544. The van der Waals surface area contributed by atoms with Crippen molar-refractivity contribution < 1.29 is 17.7 Å². The normalized spacial score (nSPS) is 12.2. The fourth-order valence-electron chi connectivity index (χ4n) is 2.29. The quantitative estimate of drug-likeness (QED) is 0.674. The van der Waals surface area contributed by atoms with Crippen molar-refractivity contribution in [1.29, 1.82) is 0 Å². The van der Waals surface area contributed by atoms with E-state index < -0.39 is 12.7 Å². The Balaban J connectivity index is 2.23. The Morgan fingerprint density at radius 1 is 1.32 bits per heavy atom. The van der Waals surface area contributed by atoms with E-state index >= 15 is 0 Å². The van der Waals surface area contributed by atoms with Gasteiger partial charge in [-0.2, -0.15) is 18.2 Å². The Hall–Kier alpha value is -1.83. The molecule has 4 nitrogen and oxygen atoms in total. The smallest absolute Gasteiger partial charge is 0.339 e.